The van der Waals surface area contributed by atoms with E-state index in [2.05, 4.69) is 22.1 Å². The standard InChI is InChI=1S/C26H29N5O3S/c1-4-14-31-24(22-9-6-15-30(22)25(33)19-12-10-18(2)11-13-19)28-29-26(31)35-17-23(32)27-20-7-5-8-21(16-20)34-3/h4-5,7-8,10-13,16,22H,1,6,9,14-15,17H2,2-3H3,(H,27,32). The molecule has 0 bridgehead atoms. The SMILES string of the molecule is C=CCn1c(SCC(=O)Nc2cccc(OC)c2)nnc1C1CCCN1C(=O)c1ccc(C)cc1. The molecule has 1 N–H and O–H groups in total. The van der Waals surface area contributed by atoms with Gasteiger partial charge in [0, 0.05) is 30.4 Å². The number of hydrogen-bond acceptors (Lipinski definition) is 6. The van der Waals surface area contributed by atoms with Crippen LogP contribution in [0.15, 0.2) is 66.3 Å². The average molecular weight is 492 g/mol. The van der Waals surface area contributed by atoms with Crippen molar-refractivity contribution >= 4 is 29.3 Å². The average Bonchev–Trinajstić information content (AvgIpc) is 3.50. The van der Waals surface area contributed by atoms with Gasteiger partial charge in [-0.3, -0.25) is 9.59 Å². The summed E-state index contributed by atoms with van der Waals surface area (Å²) in [5.74, 6) is 1.40. The van der Waals surface area contributed by atoms with Gasteiger partial charge in [0.1, 0.15) is 5.75 Å². The molecule has 9 heteroatoms. The summed E-state index contributed by atoms with van der Waals surface area (Å²) in [7, 11) is 1.58. The Morgan fingerprint density at radius 1 is 1.23 bits per heavy atom. The van der Waals surface area contributed by atoms with Gasteiger partial charge in [-0.25, -0.2) is 0 Å². The third-order valence-corrected chi connectivity index (χ3v) is 6.82. The number of rotatable bonds is 9. The van der Waals surface area contributed by atoms with E-state index in [0.717, 1.165) is 24.2 Å². The van der Waals surface area contributed by atoms with Gasteiger partial charge in [0.2, 0.25) is 5.91 Å². The Bertz CT molecular complexity index is 1210. The van der Waals surface area contributed by atoms with Crippen LogP contribution in [-0.4, -0.2) is 50.9 Å². The summed E-state index contributed by atoms with van der Waals surface area (Å²) < 4.78 is 7.15. The summed E-state index contributed by atoms with van der Waals surface area (Å²) in [5.41, 5.74) is 2.45. The molecule has 0 spiro atoms. The third-order valence-electron chi connectivity index (χ3n) is 5.85. The highest BCUT2D eigenvalue weighted by Gasteiger charge is 2.34. The van der Waals surface area contributed by atoms with Crippen LogP contribution in [0.5, 0.6) is 5.75 Å². The predicted molar refractivity (Wildman–Crippen MR) is 137 cm³/mol. The zero-order valence-corrected chi connectivity index (χ0v) is 20.8. The lowest BCUT2D eigenvalue weighted by Gasteiger charge is -2.24. The number of methoxy groups -OCH3 is 1. The highest BCUT2D eigenvalue weighted by Crippen LogP contribution is 2.34. The monoisotopic (exact) mass is 491 g/mol. The lowest BCUT2D eigenvalue weighted by atomic mass is 10.1. The van der Waals surface area contributed by atoms with Gasteiger partial charge in [-0.05, 0) is 44.0 Å². The van der Waals surface area contributed by atoms with Gasteiger partial charge in [-0.1, -0.05) is 41.6 Å². The number of aromatic nitrogens is 3. The Hall–Kier alpha value is -3.59. The molecule has 0 radical (unpaired) electrons. The van der Waals surface area contributed by atoms with E-state index in [9.17, 15) is 9.59 Å². The molecule has 0 saturated carbocycles. The van der Waals surface area contributed by atoms with Crippen molar-refractivity contribution in [2.45, 2.75) is 37.5 Å². The summed E-state index contributed by atoms with van der Waals surface area (Å²) in [6.07, 6.45) is 3.48. The first-order chi connectivity index (χ1) is 17.0. The minimum absolute atomic E-state index is 0.00692. The highest BCUT2D eigenvalue weighted by atomic mass is 32.2. The van der Waals surface area contributed by atoms with Gasteiger partial charge < -0.3 is 19.5 Å². The van der Waals surface area contributed by atoms with Gasteiger partial charge in [0.25, 0.3) is 5.91 Å². The summed E-state index contributed by atoms with van der Waals surface area (Å²) in [5, 5.41) is 12.3. The maximum absolute atomic E-state index is 13.2. The molecule has 1 fully saturated rings. The van der Waals surface area contributed by atoms with E-state index >= 15 is 0 Å². The number of aryl methyl sites for hydroxylation is 1. The minimum Gasteiger partial charge on any atom is -0.497 e. The number of nitrogens with one attached hydrogen (secondary N) is 1. The van der Waals surface area contributed by atoms with Crippen LogP contribution in [0.4, 0.5) is 5.69 Å². The third kappa shape index (κ3) is 5.74. The molecule has 35 heavy (non-hydrogen) atoms. The summed E-state index contributed by atoms with van der Waals surface area (Å²) in [6.45, 7) is 7.03. The van der Waals surface area contributed by atoms with Crippen LogP contribution in [-0.2, 0) is 11.3 Å². The van der Waals surface area contributed by atoms with Gasteiger partial charge in [-0.15, -0.1) is 16.8 Å². The smallest absolute Gasteiger partial charge is 0.254 e. The Kier molecular flexibility index (Phi) is 7.87. The minimum atomic E-state index is -0.170. The molecule has 1 atom stereocenters. The van der Waals surface area contributed by atoms with E-state index in [1.54, 1.807) is 19.3 Å². The quantitative estimate of drug-likeness (QED) is 0.350. The van der Waals surface area contributed by atoms with E-state index in [1.165, 1.54) is 11.8 Å². The maximum Gasteiger partial charge on any atom is 0.254 e. The number of thioether (sulfide) groups is 1. The fourth-order valence-corrected chi connectivity index (χ4v) is 4.88. The number of amides is 2. The number of anilines is 1. The van der Waals surface area contributed by atoms with Crippen molar-refractivity contribution < 1.29 is 14.3 Å². The summed E-state index contributed by atoms with van der Waals surface area (Å²) in [4.78, 5) is 27.6. The number of carbonyl (C=O) groups excluding carboxylic acids is 2. The normalized spacial score (nSPS) is 15.1. The number of likely N-dealkylation sites (tertiary alicyclic amines) is 1. The Labute approximate surface area is 209 Å². The van der Waals surface area contributed by atoms with E-state index < -0.39 is 0 Å². The van der Waals surface area contributed by atoms with Crippen molar-refractivity contribution in [2.75, 3.05) is 24.7 Å². The van der Waals surface area contributed by atoms with Crippen LogP contribution in [0.3, 0.4) is 0 Å². The molecule has 3 aromatic rings. The zero-order chi connectivity index (χ0) is 24.8. The zero-order valence-electron chi connectivity index (χ0n) is 19.9. The molecule has 1 saturated heterocycles. The van der Waals surface area contributed by atoms with Crippen LogP contribution >= 0.6 is 11.8 Å². The van der Waals surface area contributed by atoms with Crippen LogP contribution in [0.1, 0.15) is 40.6 Å². The van der Waals surface area contributed by atoms with Crippen LogP contribution in [0, 0.1) is 6.92 Å². The Morgan fingerprint density at radius 3 is 2.77 bits per heavy atom. The highest BCUT2D eigenvalue weighted by molar-refractivity contribution is 7.99. The Balaban J connectivity index is 1.47. The van der Waals surface area contributed by atoms with E-state index in [0.29, 0.717) is 35.2 Å². The molecule has 1 unspecified atom stereocenters. The van der Waals surface area contributed by atoms with Gasteiger partial charge >= 0.3 is 0 Å². The molecule has 1 aromatic heterocycles. The second kappa shape index (κ2) is 11.2. The van der Waals surface area contributed by atoms with Crippen LogP contribution < -0.4 is 10.1 Å². The fourth-order valence-electron chi connectivity index (χ4n) is 4.12. The van der Waals surface area contributed by atoms with Gasteiger partial charge in [0.05, 0.1) is 18.9 Å². The first-order valence-electron chi connectivity index (χ1n) is 11.5. The lowest BCUT2D eigenvalue weighted by molar-refractivity contribution is -0.113. The number of ether oxygens (including phenoxy) is 1. The molecule has 0 aliphatic carbocycles. The molecule has 1 aliphatic rings. The fraction of sp³-hybridized carbons (Fsp3) is 0.308. The first-order valence-corrected chi connectivity index (χ1v) is 12.5. The van der Waals surface area contributed by atoms with Crippen molar-refractivity contribution in [3.05, 3.63) is 78.1 Å². The van der Waals surface area contributed by atoms with Crippen LogP contribution in [0.25, 0.3) is 0 Å². The van der Waals surface area contributed by atoms with Crippen LogP contribution in [0.2, 0.25) is 0 Å². The number of nitrogens with zero attached hydrogens (tertiary/aromatic N) is 4. The molecule has 2 heterocycles. The summed E-state index contributed by atoms with van der Waals surface area (Å²) >= 11 is 1.31. The van der Waals surface area contributed by atoms with E-state index in [-0.39, 0.29) is 23.6 Å². The molecule has 4 rings (SSSR count). The predicted octanol–water partition coefficient (Wildman–Crippen LogP) is 4.49. The topological polar surface area (TPSA) is 89.3 Å². The number of benzene rings is 2. The second-order valence-electron chi connectivity index (χ2n) is 8.33. The van der Waals surface area contributed by atoms with E-state index in [4.69, 9.17) is 4.74 Å². The molecular weight excluding hydrogens is 462 g/mol. The molecule has 1 aliphatic heterocycles. The molecule has 2 amide bonds. The largest absolute Gasteiger partial charge is 0.497 e. The number of carbonyl (C=O) groups is 2. The molecular formula is C26H29N5O3S. The lowest BCUT2D eigenvalue weighted by Crippen LogP contribution is -2.32. The summed E-state index contributed by atoms with van der Waals surface area (Å²) in [6, 6.07) is 14.7. The molecule has 8 nitrogen and oxygen atoms in total. The first kappa shape index (κ1) is 24.5. The Morgan fingerprint density at radius 2 is 2.03 bits per heavy atom. The molecule has 2 aromatic carbocycles. The number of hydrogen-bond donors (Lipinski definition) is 1. The van der Waals surface area contributed by atoms with Crippen molar-refractivity contribution in [1.82, 2.24) is 19.7 Å². The van der Waals surface area contributed by atoms with Crippen molar-refractivity contribution in [3.8, 4) is 5.75 Å². The maximum atomic E-state index is 13.2. The van der Waals surface area contributed by atoms with Gasteiger partial charge in [-0.2, -0.15) is 0 Å². The van der Waals surface area contributed by atoms with Crippen molar-refractivity contribution in [1.29, 1.82) is 0 Å². The van der Waals surface area contributed by atoms with Gasteiger partial charge in [0.15, 0.2) is 11.0 Å². The van der Waals surface area contributed by atoms with Crippen molar-refractivity contribution in [3.63, 3.8) is 0 Å². The number of allylic oxidation sites excluding steroid dienone is 1. The van der Waals surface area contributed by atoms with E-state index in [1.807, 2.05) is 58.9 Å². The molecule has 182 valence electrons. The second-order valence-corrected chi connectivity index (χ2v) is 9.27. The van der Waals surface area contributed by atoms with Crippen molar-refractivity contribution in [2.24, 2.45) is 0 Å².